The van der Waals surface area contributed by atoms with E-state index in [-0.39, 0.29) is 6.03 Å². The zero-order valence-corrected chi connectivity index (χ0v) is 15.1. The van der Waals surface area contributed by atoms with Crippen molar-refractivity contribution in [2.24, 2.45) is 17.3 Å². The molecule has 2 saturated carbocycles. The molecule has 1 saturated heterocycles. The number of piperidine rings is 1. The van der Waals surface area contributed by atoms with E-state index in [4.69, 9.17) is 4.74 Å². The Morgan fingerprint density at radius 3 is 2.48 bits per heavy atom. The van der Waals surface area contributed by atoms with Gasteiger partial charge in [-0.2, -0.15) is 0 Å². The third-order valence-electron chi connectivity index (χ3n) is 6.00. The van der Waals surface area contributed by atoms with E-state index in [1.54, 1.807) is 0 Å². The van der Waals surface area contributed by atoms with Gasteiger partial charge in [0.25, 0.3) is 0 Å². The maximum Gasteiger partial charge on any atom is 0.317 e. The Morgan fingerprint density at radius 2 is 1.87 bits per heavy atom. The molecule has 132 valence electrons. The molecule has 0 radical (unpaired) electrons. The van der Waals surface area contributed by atoms with Crippen LogP contribution < -0.4 is 5.32 Å². The van der Waals surface area contributed by atoms with Crippen molar-refractivity contribution in [1.29, 1.82) is 0 Å². The molecule has 0 bridgehead atoms. The molecule has 0 unspecified atom stereocenters. The normalized spacial score (nSPS) is 31.9. The number of rotatable bonds is 4. The van der Waals surface area contributed by atoms with Crippen LogP contribution in [0, 0.1) is 17.3 Å². The molecule has 3 aliphatic rings. The van der Waals surface area contributed by atoms with Crippen molar-refractivity contribution in [3.8, 4) is 0 Å². The highest BCUT2D eigenvalue weighted by Crippen LogP contribution is 2.38. The molecular formula is C19H34N2O2. The zero-order valence-electron chi connectivity index (χ0n) is 15.1. The van der Waals surface area contributed by atoms with Gasteiger partial charge in [0.15, 0.2) is 0 Å². The van der Waals surface area contributed by atoms with Gasteiger partial charge in [-0.1, -0.05) is 20.8 Å². The Kier molecular flexibility index (Phi) is 5.19. The van der Waals surface area contributed by atoms with Crippen molar-refractivity contribution in [1.82, 2.24) is 10.2 Å². The van der Waals surface area contributed by atoms with E-state index in [0.717, 1.165) is 44.9 Å². The molecule has 2 aliphatic carbocycles. The summed E-state index contributed by atoms with van der Waals surface area (Å²) < 4.78 is 5.97. The number of amides is 2. The molecule has 3 rings (SSSR count). The molecule has 0 aromatic rings. The molecule has 1 aliphatic heterocycles. The fourth-order valence-corrected chi connectivity index (χ4v) is 4.19. The van der Waals surface area contributed by atoms with Crippen LogP contribution in [0.4, 0.5) is 4.79 Å². The minimum atomic E-state index is 0.141. The van der Waals surface area contributed by atoms with Gasteiger partial charge in [-0.25, -0.2) is 4.79 Å². The molecule has 1 N–H and O–H groups in total. The molecule has 2 atom stereocenters. The van der Waals surface area contributed by atoms with Gasteiger partial charge in [0.05, 0.1) is 6.10 Å². The minimum absolute atomic E-state index is 0.141. The van der Waals surface area contributed by atoms with Crippen molar-refractivity contribution in [3.05, 3.63) is 0 Å². The van der Waals surface area contributed by atoms with Crippen LogP contribution in [0.5, 0.6) is 0 Å². The summed E-state index contributed by atoms with van der Waals surface area (Å²) in [5.41, 5.74) is 0.428. The van der Waals surface area contributed by atoms with Gasteiger partial charge in [0.2, 0.25) is 0 Å². The van der Waals surface area contributed by atoms with Crippen LogP contribution in [0.1, 0.15) is 65.7 Å². The number of hydrogen-bond acceptors (Lipinski definition) is 2. The smallest absolute Gasteiger partial charge is 0.317 e. The lowest BCUT2D eigenvalue weighted by molar-refractivity contribution is 0.00883. The van der Waals surface area contributed by atoms with Crippen LogP contribution in [0.25, 0.3) is 0 Å². The van der Waals surface area contributed by atoms with Gasteiger partial charge in [-0.3, -0.25) is 0 Å². The van der Waals surface area contributed by atoms with Crippen LogP contribution in [-0.4, -0.2) is 42.8 Å². The fraction of sp³-hybridized carbons (Fsp3) is 0.947. The van der Waals surface area contributed by atoms with Gasteiger partial charge >= 0.3 is 6.03 Å². The molecule has 4 nitrogen and oxygen atoms in total. The molecular weight excluding hydrogens is 288 g/mol. The number of hydrogen-bond donors (Lipinski definition) is 1. The van der Waals surface area contributed by atoms with Crippen molar-refractivity contribution in [2.75, 3.05) is 19.7 Å². The second-order valence-corrected chi connectivity index (χ2v) is 8.90. The molecule has 4 heteroatoms. The third-order valence-corrected chi connectivity index (χ3v) is 6.00. The Bertz CT molecular complexity index is 412. The summed E-state index contributed by atoms with van der Waals surface area (Å²) in [5.74, 6) is 1.40. The highest BCUT2D eigenvalue weighted by molar-refractivity contribution is 5.74. The Labute approximate surface area is 141 Å². The molecule has 1 heterocycles. The number of likely N-dealkylation sites (tertiary alicyclic amines) is 1. The molecule has 3 fully saturated rings. The number of urea groups is 1. The van der Waals surface area contributed by atoms with E-state index in [0.29, 0.717) is 23.5 Å². The SMILES string of the molecule is C[C@H]1CC(C)(C)CC[C@H]1NC(=O)N1CCC(OCC2CC2)CC1. The molecule has 2 amide bonds. The average molecular weight is 322 g/mol. The van der Waals surface area contributed by atoms with Gasteiger partial charge in [0.1, 0.15) is 0 Å². The second-order valence-electron chi connectivity index (χ2n) is 8.90. The molecule has 23 heavy (non-hydrogen) atoms. The van der Waals surface area contributed by atoms with E-state index in [2.05, 4.69) is 26.1 Å². The predicted molar refractivity (Wildman–Crippen MR) is 92.4 cm³/mol. The standard InChI is InChI=1S/C19H34N2O2/c1-14-12-19(2,3)9-6-17(14)20-18(22)21-10-7-16(8-11-21)23-13-15-4-5-15/h14-17H,4-13H2,1-3H3,(H,20,22)/t14-,17+/m0/s1. The summed E-state index contributed by atoms with van der Waals surface area (Å²) in [5, 5.41) is 3.30. The Balaban J connectivity index is 1.39. The van der Waals surface area contributed by atoms with Crippen molar-refractivity contribution < 1.29 is 9.53 Å². The quantitative estimate of drug-likeness (QED) is 0.855. The van der Waals surface area contributed by atoms with E-state index in [1.807, 2.05) is 4.90 Å². The Hall–Kier alpha value is -0.770. The van der Waals surface area contributed by atoms with Gasteiger partial charge in [-0.05, 0) is 62.2 Å². The minimum Gasteiger partial charge on any atom is -0.378 e. The van der Waals surface area contributed by atoms with E-state index < -0.39 is 0 Å². The summed E-state index contributed by atoms with van der Waals surface area (Å²) in [4.78, 5) is 14.5. The van der Waals surface area contributed by atoms with Crippen LogP contribution in [-0.2, 0) is 4.74 Å². The summed E-state index contributed by atoms with van der Waals surface area (Å²) in [6.07, 6.45) is 8.57. The maximum atomic E-state index is 12.5. The van der Waals surface area contributed by atoms with E-state index in [1.165, 1.54) is 25.7 Å². The van der Waals surface area contributed by atoms with E-state index >= 15 is 0 Å². The van der Waals surface area contributed by atoms with Crippen molar-refractivity contribution in [2.45, 2.75) is 77.9 Å². The lowest BCUT2D eigenvalue weighted by atomic mass is 9.70. The Morgan fingerprint density at radius 1 is 1.17 bits per heavy atom. The topological polar surface area (TPSA) is 41.6 Å². The summed E-state index contributed by atoms with van der Waals surface area (Å²) in [6.45, 7) is 9.58. The largest absolute Gasteiger partial charge is 0.378 e. The zero-order chi connectivity index (χ0) is 16.4. The van der Waals surface area contributed by atoms with Gasteiger partial charge in [0, 0.05) is 25.7 Å². The monoisotopic (exact) mass is 322 g/mol. The molecule has 0 aromatic heterocycles. The first-order valence-corrected chi connectivity index (χ1v) is 9.60. The first-order chi connectivity index (χ1) is 10.9. The van der Waals surface area contributed by atoms with Crippen molar-refractivity contribution in [3.63, 3.8) is 0 Å². The highest BCUT2D eigenvalue weighted by Gasteiger charge is 2.34. The van der Waals surface area contributed by atoms with Crippen LogP contribution in [0.3, 0.4) is 0 Å². The maximum absolute atomic E-state index is 12.5. The first kappa shape index (κ1) is 17.1. The lowest BCUT2D eigenvalue weighted by Crippen LogP contribution is -2.52. The summed E-state index contributed by atoms with van der Waals surface area (Å²) in [6, 6.07) is 0.488. The number of nitrogens with one attached hydrogen (secondary N) is 1. The number of nitrogens with zero attached hydrogens (tertiary/aromatic N) is 1. The third kappa shape index (κ3) is 4.85. The summed E-state index contributed by atoms with van der Waals surface area (Å²) in [7, 11) is 0. The van der Waals surface area contributed by atoms with Crippen LogP contribution in [0.2, 0.25) is 0 Å². The number of carbonyl (C=O) groups excluding carboxylic acids is 1. The molecule has 0 aromatic carbocycles. The fourth-order valence-electron chi connectivity index (χ4n) is 4.19. The van der Waals surface area contributed by atoms with Gasteiger partial charge in [-0.15, -0.1) is 0 Å². The van der Waals surface area contributed by atoms with Crippen molar-refractivity contribution >= 4 is 6.03 Å². The predicted octanol–water partition coefficient (Wildman–Crippen LogP) is 3.80. The van der Waals surface area contributed by atoms with Gasteiger partial charge < -0.3 is 15.0 Å². The lowest BCUT2D eigenvalue weighted by Gasteiger charge is -2.41. The number of ether oxygens (including phenoxy) is 1. The highest BCUT2D eigenvalue weighted by atomic mass is 16.5. The first-order valence-electron chi connectivity index (χ1n) is 9.60. The number of carbonyl (C=O) groups is 1. The summed E-state index contributed by atoms with van der Waals surface area (Å²) >= 11 is 0. The van der Waals surface area contributed by atoms with Crippen LogP contribution >= 0.6 is 0 Å². The average Bonchev–Trinajstić information content (AvgIpc) is 3.32. The van der Waals surface area contributed by atoms with Crippen LogP contribution in [0.15, 0.2) is 0 Å². The van der Waals surface area contributed by atoms with E-state index in [9.17, 15) is 4.79 Å². The molecule has 0 spiro atoms. The second kappa shape index (κ2) is 7.00.